The number of carbonyl (C=O) groups excluding carboxylic acids is 1. The molecule has 23 heavy (non-hydrogen) atoms. The summed E-state index contributed by atoms with van der Waals surface area (Å²) >= 11 is 0. The van der Waals surface area contributed by atoms with Crippen LogP contribution in [0, 0.1) is 11.3 Å². The third-order valence-corrected chi connectivity index (χ3v) is 4.77. The monoisotopic (exact) mass is 319 g/mol. The first kappa shape index (κ1) is 15.8. The van der Waals surface area contributed by atoms with Crippen molar-refractivity contribution in [2.75, 3.05) is 32.9 Å². The molecule has 6 nitrogen and oxygen atoms in total. The summed E-state index contributed by atoms with van der Waals surface area (Å²) in [6.45, 7) is 3.81. The van der Waals surface area contributed by atoms with E-state index in [-0.39, 0.29) is 25.0 Å². The van der Waals surface area contributed by atoms with Gasteiger partial charge in [-0.3, -0.25) is 9.59 Å². The first-order valence-electron chi connectivity index (χ1n) is 7.90. The number of carboxylic acids is 1. The van der Waals surface area contributed by atoms with Crippen molar-refractivity contribution in [2.45, 2.75) is 13.3 Å². The van der Waals surface area contributed by atoms with Gasteiger partial charge in [0.2, 0.25) is 0 Å². The van der Waals surface area contributed by atoms with Gasteiger partial charge in [-0.1, -0.05) is 6.07 Å². The largest absolute Gasteiger partial charge is 0.494 e. The Labute approximate surface area is 135 Å². The lowest BCUT2D eigenvalue weighted by Crippen LogP contribution is -2.46. The highest BCUT2D eigenvalue weighted by molar-refractivity contribution is 5.95. The lowest BCUT2D eigenvalue weighted by molar-refractivity contribution is -0.159. The molecular formula is C17H21NO5. The molecule has 0 radical (unpaired) electrons. The molecule has 2 aliphatic rings. The number of nitrogens with zero attached hydrogens (tertiary/aromatic N) is 1. The van der Waals surface area contributed by atoms with E-state index in [9.17, 15) is 14.7 Å². The first-order chi connectivity index (χ1) is 11.1. The quantitative estimate of drug-likeness (QED) is 0.913. The molecule has 2 heterocycles. The molecule has 6 heteroatoms. The van der Waals surface area contributed by atoms with Crippen LogP contribution in [0.4, 0.5) is 0 Å². The summed E-state index contributed by atoms with van der Waals surface area (Å²) in [4.78, 5) is 26.1. The van der Waals surface area contributed by atoms with Gasteiger partial charge in [-0.25, -0.2) is 0 Å². The first-order valence-corrected chi connectivity index (χ1v) is 7.90. The average molecular weight is 319 g/mol. The van der Waals surface area contributed by atoms with Gasteiger partial charge < -0.3 is 19.5 Å². The zero-order valence-corrected chi connectivity index (χ0v) is 13.2. The molecule has 0 saturated carbocycles. The fourth-order valence-corrected chi connectivity index (χ4v) is 3.51. The second-order valence-electron chi connectivity index (χ2n) is 6.15. The van der Waals surface area contributed by atoms with Crippen molar-refractivity contribution >= 4 is 11.9 Å². The summed E-state index contributed by atoms with van der Waals surface area (Å²) in [7, 11) is 0. The van der Waals surface area contributed by atoms with Crippen LogP contribution in [0.3, 0.4) is 0 Å². The van der Waals surface area contributed by atoms with Gasteiger partial charge in [-0.15, -0.1) is 0 Å². The molecule has 0 unspecified atom stereocenters. The minimum absolute atomic E-state index is 0.0484. The predicted molar refractivity (Wildman–Crippen MR) is 82.5 cm³/mol. The SMILES string of the molecule is CCOc1cccc(C(=O)N2C[C@@H]3CCOC[C@]3(C(=O)O)C2)c1. The van der Waals surface area contributed by atoms with Crippen molar-refractivity contribution in [1.29, 1.82) is 0 Å². The number of benzene rings is 1. The molecule has 1 N–H and O–H groups in total. The second kappa shape index (κ2) is 6.20. The summed E-state index contributed by atoms with van der Waals surface area (Å²) in [6, 6.07) is 7.02. The lowest BCUT2D eigenvalue weighted by Gasteiger charge is -2.33. The van der Waals surface area contributed by atoms with E-state index in [1.54, 1.807) is 29.2 Å². The maximum absolute atomic E-state index is 12.7. The highest BCUT2D eigenvalue weighted by atomic mass is 16.5. The van der Waals surface area contributed by atoms with Crippen LogP contribution in [0.25, 0.3) is 0 Å². The molecule has 3 rings (SSSR count). The average Bonchev–Trinajstić information content (AvgIpc) is 2.96. The van der Waals surface area contributed by atoms with Crippen LogP contribution in [0.2, 0.25) is 0 Å². The highest BCUT2D eigenvalue weighted by Crippen LogP contribution is 2.42. The van der Waals surface area contributed by atoms with Crippen LogP contribution >= 0.6 is 0 Å². The Balaban J connectivity index is 1.81. The van der Waals surface area contributed by atoms with Crippen molar-refractivity contribution in [3.05, 3.63) is 29.8 Å². The van der Waals surface area contributed by atoms with E-state index in [1.807, 2.05) is 6.92 Å². The summed E-state index contributed by atoms with van der Waals surface area (Å²) in [5.74, 6) is -0.429. The minimum atomic E-state index is -0.967. The van der Waals surface area contributed by atoms with Gasteiger partial charge in [0.05, 0.1) is 13.2 Å². The third kappa shape index (κ3) is 2.79. The molecule has 2 saturated heterocycles. The van der Waals surface area contributed by atoms with Crippen LogP contribution in [-0.4, -0.2) is 54.8 Å². The molecule has 0 bridgehead atoms. The number of carboxylic acid groups (broad SMARTS) is 1. The minimum Gasteiger partial charge on any atom is -0.494 e. The van der Waals surface area contributed by atoms with Gasteiger partial charge in [0.1, 0.15) is 11.2 Å². The Morgan fingerprint density at radius 3 is 3.00 bits per heavy atom. The van der Waals surface area contributed by atoms with Crippen molar-refractivity contribution in [3.8, 4) is 5.75 Å². The number of hydrogen-bond acceptors (Lipinski definition) is 4. The van der Waals surface area contributed by atoms with Crippen LogP contribution in [-0.2, 0) is 9.53 Å². The van der Waals surface area contributed by atoms with E-state index in [4.69, 9.17) is 9.47 Å². The topological polar surface area (TPSA) is 76.1 Å². The van der Waals surface area contributed by atoms with Gasteiger partial charge >= 0.3 is 5.97 Å². The summed E-state index contributed by atoms with van der Waals surface area (Å²) in [6.07, 6.45) is 0.676. The number of carbonyl (C=O) groups is 2. The molecular weight excluding hydrogens is 298 g/mol. The molecule has 124 valence electrons. The van der Waals surface area contributed by atoms with E-state index in [0.29, 0.717) is 37.5 Å². The molecule has 0 spiro atoms. The maximum atomic E-state index is 12.7. The normalized spacial score (nSPS) is 26.7. The van der Waals surface area contributed by atoms with Crippen LogP contribution in [0.1, 0.15) is 23.7 Å². The number of aliphatic carboxylic acids is 1. The van der Waals surface area contributed by atoms with Gasteiger partial charge in [0, 0.05) is 25.3 Å². The second-order valence-corrected chi connectivity index (χ2v) is 6.15. The smallest absolute Gasteiger partial charge is 0.314 e. The van der Waals surface area contributed by atoms with Gasteiger partial charge in [-0.05, 0) is 37.5 Å². The number of amides is 1. The molecule has 0 aliphatic carbocycles. The molecule has 0 aromatic heterocycles. The molecule has 2 aliphatic heterocycles. The predicted octanol–water partition coefficient (Wildman–Crippen LogP) is 1.65. The van der Waals surface area contributed by atoms with Crippen molar-refractivity contribution in [1.82, 2.24) is 4.90 Å². The molecule has 2 fully saturated rings. The molecule has 2 atom stereocenters. The fraction of sp³-hybridized carbons (Fsp3) is 0.529. The zero-order valence-electron chi connectivity index (χ0n) is 13.2. The number of hydrogen-bond donors (Lipinski definition) is 1. The summed E-state index contributed by atoms with van der Waals surface area (Å²) < 4.78 is 10.8. The Morgan fingerprint density at radius 1 is 1.48 bits per heavy atom. The number of ether oxygens (including phenoxy) is 2. The molecule has 1 aromatic carbocycles. The Kier molecular flexibility index (Phi) is 4.26. The summed E-state index contributed by atoms with van der Waals surface area (Å²) in [5, 5.41) is 9.65. The fourth-order valence-electron chi connectivity index (χ4n) is 3.51. The summed E-state index contributed by atoms with van der Waals surface area (Å²) in [5.41, 5.74) is -0.443. The Hall–Kier alpha value is -2.08. The molecule has 1 amide bonds. The highest BCUT2D eigenvalue weighted by Gasteiger charge is 2.55. The van der Waals surface area contributed by atoms with Crippen molar-refractivity contribution in [3.63, 3.8) is 0 Å². The van der Waals surface area contributed by atoms with E-state index >= 15 is 0 Å². The number of rotatable bonds is 4. The standard InChI is InChI=1S/C17H21NO5/c1-2-23-14-5-3-4-12(8-14)15(19)18-9-13-6-7-22-11-17(13,10-18)16(20)21/h3-5,8,13H,2,6-7,9-11H2,1H3,(H,20,21)/t13-,17+/m0/s1. The van der Waals surface area contributed by atoms with Crippen LogP contribution in [0.15, 0.2) is 24.3 Å². The maximum Gasteiger partial charge on any atom is 0.314 e. The van der Waals surface area contributed by atoms with Gasteiger partial charge in [-0.2, -0.15) is 0 Å². The van der Waals surface area contributed by atoms with E-state index in [0.717, 1.165) is 0 Å². The van der Waals surface area contributed by atoms with Crippen molar-refractivity contribution in [2.24, 2.45) is 11.3 Å². The van der Waals surface area contributed by atoms with Crippen LogP contribution in [0.5, 0.6) is 5.75 Å². The number of fused-ring (bicyclic) bond motifs is 1. The zero-order chi connectivity index (χ0) is 16.4. The van der Waals surface area contributed by atoms with Crippen molar-refractivity contribution < 1.29 is 24.2 Å². The van der Waals surface area contributed by atoms with E-state index in [2.05, 4.69) is 0 Å². The van der Waals surface area contributed by atoms with Gasteiger partial charge in [0.25, 0.3) is 5.91 Å². The van der Waals surface area contributed by atoms with Gasteiger partial charge in [0.15, 0.2) is 0 Å². The van der Waals surface area contributed by atoms with E-state index in [1.165, 1.54) is 0 Å². The Bertz CT molecular complexity index is 617. The number of likely N-dealkylation sites (tertiary alicyclic amines) is 1. The van der Waals surface area contributed by atoms with Crippen LogP contribution < -0.4 is 4.74 Å². The van der Waals surface area contributed by atoms with E-state index < -0.39 is 11.4 Å². The Morgan fingerprint density at radius 2 is 2.30 bits per heavy atom. The third-order valence-electron chi connectivity index (χ3n) is 4.77. The molecule has 1 aromatic rings. The lowest BCUT2D eigenvalue weighted by atomic mass is 9.76.